The maximum Gasteiger partial charge on any atom is 0.307 e. The number of carboxylic acids is 1. The Labute approximate surface area is 208 Å². The molecule has 0 saturated heterocycles. The number of aromatic nitrogens is 1. The first-order chi connectivity index (χ1) is 16.5. The van der Waals surface area contributed by atoms with Crippen molar-refractivity contribution in [3.63, 3.8) is 0 Å². The topological polar surface area (TPSA) is 60.7 Å². The number of carbonyl (C=O) groups is 1. The molecule has 2 heterocycles. The van der Waals surface area contributed by atoms with E-state index in [2.05, 4.69) is 23.8 Å². The van der Waals surface area contributed by atoms with E-state index < -0.39 is 5.97 Å². The summed E-state index contributed by atoms with van der Waals surface area (Å²) in [4.78, 5) is 11.6. The third-order valence-electron chi connectivity index (χ3n) is 5.84. The Morgan fingerprint density at radius 3 is 2.38 bits per heavy atom. The molecule has 180 valence electrons. The molecule has 7 heteroatoms. The number of nitrogens with zero attached hydrogens (tertiary/aromatic N) is 1. The van der Waals surface area contributed by atoms with Gasteiger partial charge < -0.3 is 19.1 Å². The van der Waals surface area contributed by atoms with Crippen LogP contribution in [0.3, 0.4) is 0 Å². The van der Waals surface area contributed by atoms with Crippen molar-refractivity contribution in [2.45, 2.75) is 52.5 Å². The van der Waals surface area contributed by atoms with Crippen LogP contribution in [0.25, 0.3) is 21.0 Å². The number of benzene rings is 2. The Kier molecular flexibility index (Phi) is 8.01. The fourth-order valence-electron chi connectivity index (χ4n) is 4.04. The largest absolute Gasteiger partial charge is 0.490 e. The van der Waals surface area contributed by atoms with E-state index in [0.717, 1.165) is 53.1 Å². The zero-order valence-corrected chi connectivity index (χ0v) is 21.2. The van der Waals surface area contributed by atoms with Crippen LogP contribution in [0.4, 0.5) is 0 Å². The van der Waals surface area contributed by atoms with Gasteiger partial charge in [0.15, 0.2) is 11.5 Å². The molecule has 0 unspecified atom stereocenters. The molecule has 1 N–H and O–H groups in total. The molecule has 0 atom stereocenters. The van der Waals surface area contributed by atoms with Crippen LogP contribution in [-0.4, -0.2) is 28.9 Å². The standard InChI is InChI=1S/C27H30ClNO4S/c1-3-5-9-32-24-13-21-18(11-27(30)31)15-29(23(21)14-25(24)33-10-6-4-2)16-19-17-34-26-8-7-20(28)12-22(19)26/h7-8,12-15,17H,3-6,9-11,16H2,1-2H3,(H,30,31). The summed E-state index contributed by atoms with van der Waals surface area (Å²) in [6.07, 6.45) is 5.87. The Bertz CT molecular complexity index is 1290. The molecule has 0 spiro atoms. The molecule has 0 fully saturated rings. The van der Waals surface area contributed by atoms with Crippen LogP contribution in [0.5, 0.6) is 11.5 Å². The van der Waals surface area contributed by atoms with Crippen molar-refractivity contribution in [2.75, 3.05) is 13.2 Å². The average Bonchev–Trinajstić information content (AvgIpc) is 3.34. The summed E-state index contributed by atoms with van der Waals surface area (Å²) < 4.78 is 15.5. The summed E-state index contributed by atoms with van der Waals surface area (Å²) >= 11 is 7.94. The Balaban J connectivity index is 1.78. The first kappa shape index (κ1) is 24.4. The molecule has 0 aliphatic rings. The van der Waals surface area contributed by atoms with E-state index in [9.17, 15) is 9.90 Å². The van der Waals surface area contributed by atoms with Crippen molar-refractivity contribution in [1.29, 1.82) is 0 Å². The van der Waals surface area contributed by atoms with Gasteiger partial charge >= 0.3 is 5.97 Å². The van der Waals surface area contributed by atoms with Gasteiger partial charge in [-0.25, -0.2) is 0 Å². The molecule has 0 saturated carbocycles. The number of halogens is 1. The van der Waals surface area contributed by atoms with Crippen LogP contribution in [0.2, 0.25) is 5.02 Å². The lowest BCUT2D eigenvalue weighted by Crippen LogP contribution is -2.03. The number of rotatable bonds is 12. The van der Waals surface area contributed by atoms with E-state index in [1.165, 1.54) is 4.70 Å². The molecule has 0 amide bonds. The molecule has 2 aromatic carbocycles. The second kappa shape index (κ2) is 11.2. The van der Waals surface area contributed by atoms with Gasteiger partial charge in [0.05, 0.1) is 25.2 Å². The number of thiophene rings is 1. The van der Waals surface area contributed by atoms with Crippen molar-refractivity contribution in [1.82, 2.24) is 4.57 Å². The third kappa shape index (κ3) is 5.50. The van der Waals surface area contributed by atoms with Crippen molar-refractivity contribution < 1.29 is 19.4 Å². The van der Waals surface area contributed by atoms with Gasteiger partial charge in [0.1, 0.15) is 0 Å². The molecule has 0 bridgehead atoms. The predicted molar refractivity (Wildman–Crippen MR) is 140 cm³/mol. The predicted octanol–water partition coefficient (Wildman–Crippen LogP) is 7.54. The first-order valence-corrected chi connectivity index (χ1v) is 13.0. The molecule has 2 aromatic heterocycles. The van der Waals surface area contributed by atoms with Crippen LogP contribution in [0.1, 0.15) is 50.7 Å². The van der Waals surface area contributed by atoms with E-state index >= 15 is 0 Å². The summed E-state index contributed by atoms with van der Waals surface area (Å²) in [5, 5.41) is 14.4. The zero-order chi connectivity index (χ0) is 24.1. The van der Waals surface area contributed by atoms with Gasteiger partial charge in [0, 0.05) is 33.9 Å². The number of hydrogen-bond donors (Lipinski definition) is 1. The number of fused-ring (bicyclic) bond motifs is 2. The summed E-state index contributed by atoms with van der Waals surface area (Å²) in [5.74, 6) is 0.522. The summed E-state index contributed by atoms with van der Waals surface area (Å²) in [6, 6.07) is 9.88. The normalized spacial score (nSPS) is 11.4. The van der Waals surface area contributed by atoms with E-state index in [-0.39, 0.29) is 6.42 Å². The molecule has 4 rings (SSSR count). The van der Waals surface area contributed by atoms with Gasteiger partial charge in [-0.2, -0.15) is 0 Å². The fraction of sp³-hybridized carbons (Fsp3) is 0.370. The number of ether oxygens (including phenoxy) is 2. The molecule has 0 aliphatic carbocycles. The summed E-state index contributed by atoms with van der Waals surface area (Å²) in [5.41, 5.74) is 2.85. The van der Waals surface area contributed by atoms with E-state index in [4.69, 9.17) is 21.1 Å². The van der Waals surface area contributed by atoms with Crippen molar-refractivity contribution in [3.05, 3.63) is 58.1 Å². The van der Waals surface area contributed by atoms with Crippen LogP contribution in [0, 0.1) is 0 Å². The number of aliphatic carboxylic acids is 1. The van der Waals surface area contributed by atoms with Crippen molar-refractivity contribution in [3.8, 4) is 11.5 Å². The second-order valence-electron chi connectivity index (χ2n) is 8.47. The molecule has 0 aliphatic heterocycles. The number of carboxylic acid groups (broad SMARTS) is 1. The lowest BCUT2D eigenvalue weighted by molar-refractivity contribution is -0.136. The smallest absolute Gasteiger partial charge is 0.307 e. The van der Waals surface area contributed by atoms with Crippen LogP contribution >= 0.6 is 22.9 Å². The lowest BCUT2D eigenvalue weighted by atomic mass is 10.1. The quantitative estimate of drug-likeness (QED) is 0.204. The van der Waals surface area contributed by atoms with Gasteiger partial charge in [-0.05, 0) is 59.0 Å². The molecule has 0 radical (unpaired) electrons. The maximum atomic E-state index is 11.6. The van der Waals surface area contributed by atoms with E-state index in [1.54, 1.807) is 11.3 Å². The van der Waals surface area contributed by atoms with Gasteiger partial charge in [-0.1, -0.05) is 38.3 Å². The van der Waals surface area contributed by atoms with Crippen molar-refractivity contribution >= 4 is 49.9 Å². The molecule has 4 aromatic rings. The minimum Gasteiger partial charge on any atom is -0.490 e. The second-order valence-corrected chi connectivity index (χ2v) is 9.82. The average molecular weight is 500 g/mol. The molecule has 5 nitrogen and oxygen atoms in total. The Morgan fingerprint density at radius 1 is 1.00 bits per heavy atom. The summed E-state index contributed by atoms with van der Waals surface area (Å²) in [7, 11) is 0. The highest BCUT2D eigenvalue weighted by Crippen LogP contribution is 2.37. The highest BCUT2D eigenvalue weighted by molar-refractivity contribution is 7.17. The Morgan fingerprint density at radius 2 is 1.71 bits per heavy atom. The van der Waals surface area contributed by atoms with Crippen LogP contribution in [0.15, 0.2) is 41.9 Å². The molecular weight excluding hydrogens is 470 g/mol. The third-order valence-corrected chi connectivity index (χ3v) is 7.09. The van der Waals surface area contributed by atoms with E-state index in [0.29, 0.717) is 36.3 Å². The SMILES string of the molecule is CCCCOc1cc2c(CC(=O)O)cn(Cc3csc4ccc(Cl)cc34)c2cc1OCCCC. The minimum atomic E-state index is -0.858. The Hall–Kier alpha value is -2.70. The minimum absolute atomic E-state index is 0.0514. The van der Waals surface area contributed by atoms with Crippen molar-refractivity contribution in [2.24, 2.45) is 0 Å². The zero-order valence-electron chi connectivity index (χ0n) is 19.6. The van der Waals surface area contributed by atoms with E-state index in [1.807, 2.05) is 36.5 Å². The van der Waals surface area contributed by atoms with Gasteiger partial charge in [0.25, 0.3) is 0 Å². The fourth-order valence-corrected chi connectivity index (χ4v) is 5.15. The highest BCUT2D eigenvalue weighted by atomic mass is 35.5. The molecule has 34 heavy (non-hydrogen) atoms. The first-order valence-electron chi connectivity index (χ1n) is 11.8. The maximum absolute atomic E-state index is 11.6. The number of hydrogen-bond acceptors (Lipinski definition) is 4. The lowest BCUT2D eigenvalue weighted by Gasteiger charge is -2.14. The molecular formula is C27H30ClNO4S. The van der Waals surface area contributed by atoms with Gasteiger partial charge in [0.2, 0.25) is 0 Å². The monoisotopic (exact) mass is 499 g/mol. The summed E-state index contributed by atoms with van der Waals surface area (Å²) in [6.45, 7) is 6.08. The van der Waals surface area contributed by atoms with Gasteiger partial charge in [-0.3, -0.25) is 4.79 Å². The van der Waals surface area contributed by atoms with Crippen LogP contribution < -0.4 is 9.47 Å². The highest BCUT2D eigenvalue weighted by Gasteiger charge is 2.18. The van der Waals surface area contributed by atoms with Crippen LogP contribution in [-0.2, 0) is 17.8 Å². The number of unbranched alkanes of at least 4 members (excludes halogenated alkanes) is 2. The van der Waals surface area contributed by atoms with Gasteiger partial charge in [-0.15, -0.1) is 11.3 Å².